The molecule has 1 saturated heterocycles. The molecule has 6 nitrogen and oxygen atoms in total. The molecule has 0 radical (unpaired) electrons. The van der Waals surface area contributed by atoms with E-state index in [9.17, 15) is 9.59 Å². The van der Waals surface area contributed by atoms with E-state index in [2.05, 4.69) is 5.32 Å². The molecule has 8 heteroatoms. The number of methoxy groups -OCH3 is 1. The van der Waals surface area contributed by atoms with E-state index < -0.39 is 5.25 Å². The van der Waals surface area contributed by atoms with Crippen LogP contribution in [0.4, 0.5) is 11.4 Å². The standard InChI is InChI=1S/C29H32ClN3O3S/c1-36-24-8-6-22(7-9-24)31-26(34)13-25-27(35)33(28(37-25)32-23-4-2-21(30)3-5-23)17-29-14-18-10-19(15-29)12-20(11-18)16-29/h2-9,18-20,25H,10-17H2,1H3,(H,31,34). The molecule has 1 N–H and O–H groups in total. The maximum Gasteiger partial charge on any atom is 0.242 e. The highest BCUT2D eigenvalue weighted by atomic mass is 35.5. The number of halogens is 1. The number of anilines is 1. The Bertz CT molecular complexity index is 1180. The fourth-order valence-corrected chi connectivity index (χ4v) is 8.65. The zero-order chi connectivity index (χ0) is 25.6. The molecule has 4 saturated carbocycles. The summed E-state index contributed by atoms with van der Waals surface area (Å²) < 4.78 is 5.19. The fraction of sp³-hybridized carbons (Fsp3) is 0.483. The number of rotatable bonds is 7. The number of nitrogens with one attached hydrogen (secondary N) is 1. The summed E-state index contributed by atoms with van der Waals surface area (Å²) in [5, 5.41) is 3.78. The van der Waals surface area contributed by atoms with Gasteiger partial charge in [0.25, 0.3) is 0 Å². The summed E-state index contributed by atoms with van der Waals surface area (Å²) in [5.41, 5.74) is 1.63. The third-order valence-corrected chi connectivity index (χ3v) is 9.90. The van der Waals surface area contributed by atoms with Crippen molar-refractivity contribution in [1.82, 2.24) is 4.90 Å². The molecule has 2 aromatic rings. The SMILES string of the molecule is COc1ccc(NC(=O)CC2SC(=Nc3ccc(Cl)cc3)N(CC34CC5CC(CC(C5)C3)C4)C2=O)cc1. The van der Waals surface area contributed by atoms with Gasteiger partial charge in [-0.05, 0) is 110 Å². The molecule has 4 bridgehead atoms. The first-order valence-electron chi connectivity index (χ1n) is 13.1. The molecule has 0 spiro atoms. The van der Waals surface area contributed by atoms with Crippen molar-refractivity contribution in [2.24, 2.45) is 28.2 Å². The molecule has 0 aromatic heterocycles. The van der Waals surface area contributed by atoms with E-state index in [4.69, 9.17) is 21.3 Å². The first-order chi connectivity index (χ1) is 17.9. The molecule has 7 rings (SSSR count). The first-order valence-corrected chi connectivity index (χ1v) is 14.4. The van der Waals surface area contributed by atoms with E-state index in [0.29, 0.717) is 22.4 Å². The molecule has 4 aliphatic carbocycles. The second-order valence-corrected chi connectivity index (χ2v) is 12.9. The average molecular weight is 538 g/mol. The minimum atomic E-state index is -0.488. The van der Waals surface area contributed by atoms with Gasteiger partial charge in [-0.1, -0.05) is 23.4 Å². The molecule has 2 aromatic carbocycles. The Hall–Kier alpha value is -2.51. The molecular formula is C29H32ClN3O3S. The lowest BCUT2D eigenvalue weighted by atomic mass is 9.49. The third kappa shape index (κ3) is 5.26. The summed E-state index contributed by atoms with van der Waals surface area (Å²) in [6, 6.07) is 14.6. The largest absolute Gasteiger partial charge is 0.497 e. The Morgan fingerprint density at radius 2 is 1.68 bits per heavy atom. The van der Waals surface area contributed by atoms with Gasteiger partial charge >= 0.3 is 0 Å². The summed E-state index contributed by atoms with van der Waals surface area (Å²) >= 11 is 7.49. The van der Waals surface area contributed by atoms with E-state index in [0.717, 1.165) is 29.2 Å². The lowest BCUT2D eigenvalue weighted by Crippen LogP contribution is -2.52. The molecular weight excluding hydrogens is 506 g/mol. The second kappa shape index (κ2) is 9.99. The van der Waals surface area contributed by atoms with Gasteiger partial charge < -0.3 is 10.1 Å². The number of ether oxygens (including phenoxy) is 1. The van der Waals surface area contributed by atoms with Crippen molar-refractivity contribution in [1.29, 1.82) is 0 Å². The molecule has 1 heterocycles. The van der Waals surface area contributed by atoms with Gasteiger partial charge in [-0.15, -0.1) is 0 Å². The quantitative estimate of drug-likeness (QED) is 0.436. The summed E-state index contributed by atoms with van der Waals surface area (Å²) in [6.45, 7) is 0.714. The van der Waals surface area contributed by atoms with Crippen LogP contribution in [0.3, 0.4) is 0 Å². The summed E-state index contributed by atoms with van der Waals surface area (Å²) in [6.07, 6.45) is 7.83. The van der Waals surface area contributed by atoms with Gasteiger partial charge in [-0.2, -0.15) is 0 Å². The van der Waals surface area contributed by atoms with Crippen LogP contribution in [0.15, 0.2) is 53.5 Å². The summed E-state index contributed by atoms with van der Waals surface area (Å²) in [4.78, 5) is 33.4. The topological polar surface area (TPSA) is 71.0 Å². The number of carbonyl (C=O) groups excluding carboxylic acids is 2. The Balaban J connectivity index is 1.21. The van der Waals surface area contributed by atoms with Crippen LogP contribution in [0.1, 0.15) is 44.9 Å². The Labute approximate surface area is 227 Å². The van der Waals surface area contributed by atoms with Crippen LogP contribution in [-0.4, -0.2) is 40.8 Å². The van der Waals surface area contributed by atoms with Gasteiger partial charge in [0.1, 0.15) is 11.0 Å². The van der Waals surface area contributed by atoms with Crippen LogP contribution in [-0.2, 0) is 9.59 Å². The minimum Gasteiger partial charge on any atom is -0.497 e. The fourth-order valence-electron chi connectivity index (χ4n) is 7.37. The molecule has 5 aliphatic rings. The highest BCUT2D eigenvalue weighted by Crippen LogP contribution is 2.60. The van der Waals surface area contributed by atoms with Crippen LogP contribution in [0.25, 0.3) is 0 Å². The number of amidine groups is 1. The number of aliphatic imine (C=N–C) groups is 1. The van der Waals surface area contributed by atoms with Crippen molar-refractivity contribution in [3.8, 4) is 5.75 Å². The zero-order valence-corrected chi connectivity index (χ0v) is 22.6. The molecule has 194 valence electrons. The Kier molecular flexibility index (Phi) is 6.70. The average Bonchev–Trinajstić information content (AvgIpc) is 3.13. The van der Waals surface area contributed by atoms with E-state index in [1.807, 2.05) is 29.2 Å². The maximum atomic E-state index is 13.8. The smallest absolute Gasteiger partial charge is 0.242 e. The lowest BCUT2D eigenvalue weighted by molar-refractivity contribution is -0.132. The molecule has 2 amide bonds. The number of nitrogens with zero attached hydrogens (tertiary/aromatic N) is 2. The third-order valence-electron chi connectivity index (χ3n) is 8.47. The van der Waals surface area contributed by atoms with E-state index in [1.165, 1.54) is 50.3 Å². The number of amides is 2. The Morgan fingerprint density at radius 1 is 1.05 bits per heavy atom. The number of carbonyl (C=O) groups is 2. The van der Waals surface area contributed by atoms with Crippen molar-refractivity contribution in [3.63, 3.8) is 0 Å². The maximum absolute atomic E-state index is 13.8. The summed E-state index contributed by atoms with van der Waals surface area (Å²) in [7, 11) is 1.61. The summed E-state index contributed by atoms with van der Waals surface area (Å²) in [5.74, 6) is 2.96. The van der Waals surface area contributed by atoms with Gasteiger partial charge in [0.2, 0.25) is 11.8 Å². The first kappa shape index (κ1) is 24.8. The zero-order valence-electron chi connectivity index (χ0n) is 21.0. The van der Waals surface area contributed by atoms with Gasteiger partial charge in [0.15, 0.2) is 5.17 Å². The molecule has 1 aliphatic heterocycles. The Morgan fingerprint density at radius 3 is 2.27 bits per heavy atom. The van der Waals surface area contributed by atoms with E-state index in [-0.39, 0.29) is 23.7 Å². The molecule has 1 atom stereocenters. The molecule has 5 fully saturated rings. The number of benzene rings is 2. The van der Waals surface area contributed by atoms with Gasteiger partial charge in [-0.3, -0.25) is 14.5 Å². The predicted octanol–water partition coefficient (Wildman–Crippen LogP) is 6.53. The minimum absolute atomic E-state index is 0.00154. The monoisotopic (exact) mass is 537 g/mol. The number of hydrogen-bond donors (Lipinski definition) is 1. The normalized spacial score (nSPS) is 31.2. The molecule has 37 heavy (non-hydrogen) atoms. The lowest BCUT2D eigenvalue weighted by Gasteiger charge is -2.57. The van der Waals surface area contributed by atoms with Crippen LogP contribution >= 0.6 is 23.4 Å². The van der Waals surface area contributed by atoms with E-state index >= 15 is 0 Å². The number of thioether (sulfide) groups is 1. The highest BCUT2D eigenvalue weighted by molar-refractivity contribution is 8.15. The van der Waals surface area contributed by atoms with Gasteiger partial charge in [0.05, 0.1) is 12.8 Å². The van der Waals surface area contributed by atoms with Gasteiger partial charge in [-0.25, -0.2) is 4.99 Å². The van der Waals surface area contributed by atoms with E-state index in [1.54, 1.807) is 31.4 Å². The number of hydrogen-bond acceptors (Lipinski definition) is 5. The van der Waals surface area contributed by atoms with Crippen molar-refractivity contribution in [2.75, 3.05) is 19.0 Å². The van der Waals surface area contributed by atoms with Gasteiger partial charge in [0, 0.05) is 23.7 Å². The highest BCUT2D eigenvalue weighted by Gasteiger charge is 2.53. The van der Waals surface area contributed by atoms with Crippen LogP contribution in [0, 0.1) is 23.2 Å². The van der Waals surface area contributed by atoms with Crippen LogP contribution in [0.2, 0.25) is 5.02 Å². The van der Waals surface area contributed by atoms with Crippen molar-refractivity contribution in [3.05, 3.63) is 53.6 Å². The van der Waals surface area contributed by atoms with Crippen LogP contribution < -0.4 is 10.1 Å². The predicted molar refractivity (Wildman–Crippen MR) is 148 cm³/mol. The van der Waals surface area contributed by atoms with Crippen molar-refractivity contribution < 1.29 is 14.3 Å². The van der Waals surface area contributed by atoms with Crippen molar-refractivity contribution in [2.45, 2.75) is 50.2 Å². The second-order valence-electron chi connectivity index (χ2n) is 11.3. The van der Waals surface area contributed by atoms with Crippen LogP contribution in [0.5, 0.6) is 5.75 Å². The molecule has 1 unspecified atom stereocenters. The van der Waals surface area contributed by atoms with Crippen molar-refractivity contribution >= 4 is 51.7 Å².